The minimum absolute atomic E-state index is 0.00204. The van der Waals surface area contributed by atoms with Gasteiger partial charge in [-0.25, -0.2) is 4.98 Å². The molecule has 0 radical (unpaired) electrons. The molecular weight excluding hydrogens is 442 g/mol. The smallest absolute Gasteiger partial charge is 0.282 e. The Balaban J connectivity index is 1.55. The molecule has 3 aromatic rings. The first-order valence-electron chi connectivity index (χ1n) is 8.32. The van der Waals surface area contributed by atoms with E-state index >= 15 is 0 Å². The highest BCUT2D eigenvalue weighted by Gasteiger charge is 2.36. The van der Waals surface area contributed by atoms with Gasteiger partial charge in [-0.15, -0.1) is 11.3 Å². The lowest BCUT2D eigenvalue weighted by molar-refractivity contribution is -0.117. The van der Waals surface area contributed by atoms with Gasteiger partial charge in [0.25, 0.3) is 5.91 Å². The van der Waals surface area contributed by atoms with E-state index in [-0.39, 0.29) is 11.7 Å². The predicted molar refractivity (Wildman–Crippen MR) is 112 cm³/mol. The van der Waals surface area contributed by atoms with E-state index in [0.717, 1.165) is 15.7 Å². The van der Waals surface area contributed by atoms with Crippen molar-refractivity contribution >= 4 is 49.7 Å². The summed E-state index contributed by atoms with van der Waals surface area (Å²) < 4.78 is 0.985. The molecule has 0 aliphatic carbocycles. The SMILES string of the molecule is CC1=NN(c2nc(-c3ccc(Br)cc3)cs2)C(=O)C1/N=N/c1ccccc1O. The Kier molecular flexibility index (Phi) is 5.01. The van der Waals surface area contributed by atoms with Crippen molar-refractivity contribution in [1.29, 1.82) is 0 Å². The minimum Gasteiger partial charge on any atom is -0.506 e. The summed E-state index contributed by atoms with van der Waals surface area (Å²) in [4.78, 5) is 17.3. The molecule has 1 unspecified atom stereocenters. The number of thiazole rings is 1. The monoisotopic (exact) mass is 455 g/mol. The molecule has 0 fully saturated rings. The molecule has 9 heteroatoms. The van der Waals surface area contributed by atoms with Gasteiger partial charge in [0.15, 0.2) is 6.04 Å². The number of azo groups is 1. The Morgan fingerprint density at radius 3 is 2.68 bits per heavy atom. The highest BCUT2D eigenvalue weighted by molar-refractivity contribution is 9.10. The molecule has 1 aliphatic rings. The number of halogens is 1. The largest absolute Gasteiger partial charge is 0.506 e. The van der Waals surface area contributed by atoms with Crippen molar-refractivity contribution < 1.29 is 9.90 Å². The van der Waals surface area contributed by atoms with Crippen molar-refractivity contribution in [1.82, 2.24) is 4.98 Å². The Morgan fingerprint density at radius 1 is 1.18 bits per heavy atom. The average molecular weight is 456 g/mol. The zero-order chi connectivity index (χ0) is 19.7. The van der Waals surface area contributed by atoms with Crippen LogP contribution in [0.25, 0.3) is 11.3 Å². The molecule has 140 valence electrons. The van der Waals surface area contributed by atoms with Crippen LogP contribution >= 0.6 is 27.3 Å². The van der Waals surface area contributed by atoms with Crippen LogP contribution in [0, 0.1) is 0 Å². The number of phenolic OH excluding ortho intramolecular Hbond substituents is 1. The predicted octanol–water partition coefficient (Wildman–Crippen LogP) is 5.15. The molecule has 4 rings (SSSR count). The van der Waals surface area contributed by atoms with Crippen molar-refractivity contribution in [3.63, 3.8) is 0 Å². The number of rotatable bonds is 4. The van der Waals surface area contributed by atoms with Crippen LogP contribution in [0.15, 0.2) is 73.7 Å². The Labute approximate surface area is 173 Å². The van der Waals surface area contributed by atoms with E-state index in [4.69, 9.17) is 0 Å². The number of anilines is 1. The molecule has 1 atom stereocenters. The van der Waals surface area contributed by atoms with E-state index < -0.39 is 6.04 Å². The molecule has 0 saturated heterocycles. The second-order valence-corrected chi connectivity index (χ2v) is 7.77. The fourth-order valence-electron chi connectivity index (χ4n) is 2.61. The first kappa shape index (κ1) is 18.5. The van der Waals surface area contributed by atoms with E-state index in [0.29, 0.717) is 16.5 Å². The van der Waals surface area contributed by atoms with Gasteiger partial charge in [0.05, 0.1) is 11.4 Å². The average Bonchev–Trinajstić information content (AvgIpc) is 3.27. The maximum Gasteiger partial charge on any atom is 0.282 e. The van der Waals surface area contributed by atoms with Gasteiger partial charge in [-0.1, -0.05) is 40.2 Å². The number of amides is 1. The van der Waals surface area contributed by atoms with Gasteiger partial charge in [-0.3, -0.25) is 4.79 Å². The number of aromatic hydroxyl groups is 1. The lowest BCUT2D eigenvalue weighted by Crippen LogP contribution is -2.29. The van der Waals surface area contributed by atoms with Crippen molar-refractivity contribution in [3.05, 3.63) is 58.4 Å². The second kappa shape index (κ2) is 7.61. The van der Waals surface area contributed by atoms with Gasteiger partial charge in [0, 0.05) is 15.4 Å². The summed E-state index contributed by atoms with van der Waals surface area (Å²) in [5.74, 6) is -0.324. The topological polar surface area (TPSA) is 90.5 Å². The molecule has 1 aromatic heterocycles. The Morgan fingerprint density at radius 2 is 1.93 bits per heavy atom. The summed E-state index contributed by atoms with van der Waals surface area (Å²) in [6, 6.07) is 13.5. The number of carbonyl (C=O) groups is 1. The number of phenols is 1. The summed E-state index contributed by atoms with van der Waals surface area (Å²) >= 11 is 4.74. The molecule has 0 bridgehead atoms. The van der Waals surface area contributed by atoms with E-state index in [1.807, 2.05) is 29.6 Å². The van der Waals surface area contributed by atoms with Gasteiger partial charge in [-0.2, -0.15) is 20.3 Å². The number of para-hydroxylation sites is 1. The first-order valence-corrected chi connectivity index (χ1v) is 9.99. The maximum absolute atomic E-state index is 12.8. The first-order chi connectivity index (χ1) is 13.5. The summed E-state index contributed by atoms with van der Waals surface area (Å²) in [5.41, 5.74) is 2.54. The van der Waals surface area contributed by atoms with Crippen molar-refractivity contribution in [2.45, 2.75) is 13.0 Å². The van der Waals surface area contributed by atoms with Crippen LogP contribution in [0.2, 0.25) is 0 Å². The number of carbonyl (C=O) groups excluding carboxylic acids is 1. The molecule has 1 amide bonds. The summed E-state index contributed by atoms with van der Waals surface area (Å²) in [7, 11) is 0. The number of hydrogen-bond donors (Lipinski definition) is 1. The van der Waals surface area contributed by atoms with Crippen LogP contribution in [0.3, 0.4) is 0 Å². The quantitative estimate of drug-likeness (QED) is 0.551. The molecule has 28 heavy (non-hydrogen) atoms. The standard InChI is InChI=1S/C19H14BrN5O2S/c1-11-17(23-22-14-4-2-3-5-16(14)26)18(27)25(24-11)19-21-15(10-28-19)12-6-8-13(20)9-7-12/h2-10,17,26H,1H3/b23-22+. The zero-order valence-corrected chi connectivity index (χ0v) is 17.1. The van der Waals surface area contributed by atoms with Crippen LogP contribution in [0.1, 0.15) is 6.92 Å². The number of hydrazone groups is 1. The van der Waals surface area contributed by atoms with Crippen molar-refractivity contribution in [2.75, 3.05) is 5.01 Å². The lowest BCUT2D eigenvalue weighted by atomic mass is 10.2. The molecule has 0 saturated carbocycles. The number of hydrogen-bond acceptors (Lipinski definition) is 7. The molecule has 1 N–H and O–H groups in total. The molecular formula is C19H14BrN5O2S. The van der Waals surface area contributed by atoms with Crippen LogP contribution in [-0.2, 0) is 4.79 Å². The molecule has 0 spiro atoms. The molecule has 2 heterocycles. The highest BCUT2D eigenvalue weighted by atomic mass is 79.9. The van der Waals surface area contributed by atoms with Crippen molar-refractivity contribution in [2.24, 2.45) is 15.3 Å². The second-order valence-electron chi connectivity index (χ2n) is 6.02. The fraction of sp³-hybridized carbons (Fsp3) is 0.105. The Hall–Kier alpha value is -2.91. The number of aromatic nitrogens is 1. The zero-order valence-electron chi connectivity index (χ0n) is 14.7. The summed E-state index contributed by atoms with van der Waals surface area (Å²) in [5, 5.41) is 25.8. The summed E-state index contributed by atoms with van der Waals surface area (Å²) in [6.07, 6.45) is 0. The van der Waals surface area contributed by atoms with Gasteiger partial charge in [0.2, 0.25) is 5.13 Å². The van der Waals surface area contributed by atoms with Gasteiger partial charge in [0.1, 0.15) is 11.4 Å². The van der Waals surface area contributed by atoms with Crippen LogP contribution in [0.5, 0.6) is 5.75 Å². The van der Waals surface area contributed by atoms with Crippen LogP contribution < -0.4 is 5.01 Å². The van der Waals surface area contributed by atoms with Crippen molar-refractivity contribution in [3.8, 4) is 17.0 Å². The van der Waals surface area contributed by atoms with Gasteiger partial charge >= 0.3 is 0 Å². The minimum atomic E-state index is -0.834. The normalized spacial score (nSPS) is 16.8. The summed E-state index contributed by atoms with van der Waals surface area (Å²) in [6.45, 7) is 1.72. The van der Waals surface area contributed by atoms with E-state index in [1.165, 1.54) is 22.4 Å². The van der Waals surface area contributed by atoms with Gasteiger partial charge < -0.3 is 5.11 Å². The number of benzene rings is 2. The third kappa shape index (κ3) is 3.58. The highest BCUT2D eigenvalue weighted by Crippen LogP contribution is 2.32. The Bertz CT molecular complexity index is 1090. The van der Waals surface area contributed by atoms with Crippen LogP contribution in [-0.4, -0.2) is 27.8 Å². The molecule has 2 aromatic carbocycles. The molecule has 1 aliphatic heterocycles. The third-order valence-corrected chi connectivity index (χ3v) is 5.42. The van der Waals surface area contributed by atoms with Gasteiger partial charge in [-0.05, 0) is 31.2 Å². The van der Waals surface area contributed by atoms with E-state index in [2.05, 4.69) is 36.2 Å². The van der Waals surface area contributed by atoms with E-state index in [1.54, 1.807) is 25.1 Å². The number of nitrogens with zero attached hydrogens (tertiary/aromatic N) is 5. The lowest BCUT2D eigenvalue weighted by Gasteiger charge is -2.08. The third-order valence-electron chi connectivity index (χ3n) is 4.07. The van der Waals surface area contributed by atoms with Crippen LogP contribution in [0.4, 0.5) is 10.8 Å². The maximum atomic E-state index is 12.8. The fourth-order valence-corrected chi connectivity index (χ4v) is 3.66. The van der Waals surface area contributed by atoms with E-state index in [9.17, 15) is 9.90 Å². The molecule has 7 nitrogen and oxygen atoms in total.